The molecule has 31 heavy (non-hydrogen) atoms. The van der Waals surface area contributed by atoms with E-state index in [4.69, 9.17) is 4.74 Å². The first kappa shape index (κ1) is 20.4. The zero-order valence-corrected chi connectivity index (χ0v) is 16.5. The lowest BCUT2D eigenvalue weighted by atomic mass is 9.92. The van der Waals surface area contributed by atoms with Gasteiger partial charge in [-0.05, 0) is 37.8 Å². The van der Waals surface area contributed by atoms with Gasteiger partial charge in [-0.1, -0.05) is 12.8 Å². The van der Waals surface area contributed by atoms with Gasteiger partial charge in [0.05, 0.1) is 35.5 Å². The van der Waals surface area contributed by atoms with Crippen LogP contribution < -0.4 is 5.32 Å². The van der Waals surface area contributed by atoms with Crippen LogP contribution in [0.5, 0.6) is 5.75 Å². The van der Waals surface area contributed by atoms with Gasteiger partial charge in [-0.2, -0.15) is 13.2 Å². The van der Waals surface area contributed by atoms with Crippen molar-refractivity contribution in [1.29, 1.82) is 0 Å². The van der Waals surface area contributed by atoms with Gasteiger partial charge < -0.3 is 20.3 Å². The van der Waals surface area contributed by atoms with E-state index in [-0.39, 0.29) is 18.3 Å². The average molecular weight is 439 g/mol. The summed E-state index contributed by atoms with van der Waals surface area (Å²) in [7, 11) is 0. The lowest BCUT2D eigenvalue weighted by molar-refractivity contribution is -0.137. The first-order chi connectivity index (χ1) is 14.7. The topological polar surface area (TPSA) is 87.5 Å². The van der Waals surface area contributed by atoms with Crippen LogP contribution in [0, 0.1) is 5.82 Å². The van der Waals surface area contributed by atoms with Crippen LogP contribution in [-0.2, 0) is 23.1 Å². The second-order valence-corrected chi connectivity index (χ2v) is 8.49. The number of phenolic OH excluding ortho intramolecular Hbond substituents is 1. The number of aromatic nitrogens is 2. The van der Waals surface area contributed by atoms with Crippen molar-refractivity contribution in [2.24, 2.45) is 0 Å². The SMILES string of the molecule is Oc1cc(C(F)(F)F)cc(F)c1-c1nnc(N[C@@H]2CCCC[C@H]2O)c2c1COC21CC1. The highest BCUT2D eigenvalue weighted by molar-refractivity contribution is 5.75. The van der Waals surface area contributed by atoms with Crippen molar-refractivity contribution in [2.45, 2.75) is 69.1 Å². The molecule has 0 radical (unpaired) electrons. The number of hydrogen-bond donors (Lipinski definition) is 3. The maximum Gasteiger partial charge on any atom is 0.416 e. The van der Waals surface area contributed by atoms with E-state index in [1.807, 2.05) is 0 Å². The number of aliphatic hydroxyl groups excluding tert-OH is 1. The van der Waals surface area contributed by atoms with Crippen LogP contribution in [0.2, 0.25) is 0 Å². The van der Waals surface area contributed by atoms with Crippen LogP contribution in [0.15, 0.2) is 12.1 Å². The molecule has 0 amide bonds. The number of fused-ring (bicyclic) bond motifs is 2. The number of rotatable bonds is 3. The number of benzene rings is 1. The fourth-order valence-corrected chi connectivity index (χ4v) is 4.64. The van der Waals surface area contributed by atoms with E-state index < -0.39 is 40.6 Å². The zero-order valence-electron chi connectivity index (χ0n) is 16.5. The molecule has 1 spiro atoms. The lowest BCUT2D eigenvalue weighted by Gasteiger charge is -2.29. The van der Waals surface area contributed by atoms with Crippen molar-refractivity contribution >= 4 is 5.82 Å². The van der Waals surface area contributed by atoms with E-state index in [1.165, 1.54) is 0 Å². The van der Waals surface area contributed by atoms with E-state index in [2.05, 4.69) is 15.5 Å². The number of aromatic hydroxyl groups is 1. The molecule has 2 fully saturated rings. The van der Waals surface area contributed by atoms with Crippen LogP contribution in [0.4, 0.5) is 23.4 Å². The number of halogens is 4. The number of nitrogens with zero attached hydrogens (tertiary/aromatic N) is 2. The quantitative estimate of drug-likeness (QED) is 0.620. The molecule has 2 atom stereocenters. The summed E-state index contributed by atoms with van der Waals surface area (Å²) in [5.41, 5.74) is -1.14. The Morgan fingerprint density at radius 1 is 1.13 bits per heavy atom. The number of nitrogens with one attached hydrogen (secondary N) is 1. The van der Waals surface area contributed by atoms with Crippen LogP contribution in [-0.4, -0.2) is 32.6 Å². The summed E-state index contributed by atoms with van der Waals surface area (Å²) in [4.78, 5) is 0. The number of aliphatic hydroxyl groups is 1. The maximum absolute atomic E-state index is 14.7. The Kier molecular flexibility index (Phi) is 4.63. The van der Waals surface area contributed by atoms with E-state index in [0.29, 0.717) is 35.5 Å². The number of anilines is 1. The summed E-state index contributed by atoms with van der Waals surface area (Å²) in [6, 6.07) is 0.626. The highest BCUT2D eigenvalue weighted by Gasteiger charge is 2.54. The highest BCUT2D eigenvalue weighted by Crippen LogP contribution is 2.58. The molecule has 6 nitrogen and oxygen atoms in total. The Hall–Kier alpha value is -2.46. The molecule has 3 aliphatic rings. The van der Waals surface area contributed by atoms with Gasteiger partial charge in [-0.3, -0.25) is 0 Å². The molecule has 2 saturated carbocycles. The number of ether oxygens (including phenoxy) is 1. The van der Waals surface area contributed by atoms with Gasteiger partial charge in [0, 0.05) is 11.1 Å². The van der Waals surface area contributed by atoms with Gasteiger partial charge in [0.1, 0.15) is 17.3 Å². The molecular weight excluding hydrogens is 418 g/mol. The van der Waals surface area contributed by atoms with Crippen LogP contribution in [0.1, 0.15) is 55.2 Å². The molecule has 3 N–H and O–H groups in total. The van der Waals surface area contributed by atoms with E-state index in [1.54, 1.807) is 0 Å². The Balaban J connectivity index is 1.59. The molecule has 166 valence electrons. The summed E-state index contributed by atoms with van der Waals surface area (Å²) in [6.07, 6.45) is -0.501. The van der Waals surface area contributed by atoms with Gasteiger partial charge in [0.25, 0.3) is 0 Å². The van der Waals surface area contributed by atoms with Crippen LogP contribution >= 0.6 is 0 Å². The molecule has 5 rings (SSSR count). The first-order valence-electron chi connectivity index (χ1n) is 10.3. The number of phenols is 1. The molecule has 2 aliphatic carbocycles. The largest absolute Gasteiger partial charge is 0.507 e. The molecule has 1 aromatic carbocycles. The van der Waals surface area contributed by atoms with Crippen molar-refractivity contribution in [3.8, 4) is 17.0 Å². The fraction of sp³-hybridized carbons (Fsp3) is 0.524. The predicted octanol–water partition coefficient (Wildman–Crippen LogP) is 4.24. The van der Waals surface area contributed by atoms with Crippen molar-refractivity contribution in [3.05, 3.63) is 34.6 Å². The van der Waals surface area contributed by atoms with E-state index in [0.717, 1.165) is 32.1 Å². The van der Waals surface area contributed by atoms with Crippen molar-refractivity contribution in [3.63, 3.8) is 0 Å². The second kappa shape index (κ2) is 7.03. The third-order valence-electron chi connectivity index (χ3n) is 6.41. The second-order valence-electron chi connectivity index (χ2n) is 8.49. The normalized spacial score (nSPS) is 24.3. The summed E-state index contributed by atoms with van der Waals surface area (Å²) < 4.78 is 59.5. The van der Waals surface area contributed by atoms with Crippen LogP contribution in [0.3, 0.4) is 0 Å². The Morgan fingerprint density at radius 2 is 1.87 bits per heavy atom. The summed E-state index contributed by atoms with van der Waals surface area (Å²) >= 11 is 0. The Labute approximate surface area is 175 Å². The van der Waals surface area contributed by atoms with Crippen molar-refractivity contribution in [2.75, 3.05) is 5.32 Å². The predicted molar refractivity (Wildman–Crippen MR) is 102 cm³/mol. The minimum atomic E-state index is -4.79. The van der Waals surface area contributed by atoms with E-state index >= 15 is 0 Å². The van der Waals surface area contributed by atoms with Gasteiger partial charge in [-0.15, -0.1) is 10.2 Å². The standard InChI is InChI=1S/C21H21F4N3O3/c22-12-7-10(21(23,24)25)8-15(30)16(12)18-11-9-31-20(5-6-20)17(11)19(28-27-18)26-13-3-1-2-4-14(13)29/h7-8,13-14,29-30H,1-6,9H2,(H,26,28)/t13-,14-/m1/s1. The third kappa shape index (κ3) is 3.41. The van der Waals surface area contributed by atoms with Gasteiger partial charge in [-0.25, -0.2) is 4.39 Å². The molecule has 10 heteroatoms. The average Bonchev–Trinajstić information content (AvgIpc) is 3.38. The Bertz CT molecular complexity index is 1020. The minimum Gasteiger partial charge on any atom is -0.507 e. The van der Waals surface area contributed by atoms with Gasteiger partial charge in [0.15, 0.2) is 5.82 Å². The summed E-state index contributed by atoms with van der Waals surface area (Å²) in [5.74, 6) is -1.65. The minimum absolute atomic E-state index is 0.0303. The van der Waals surface area contributed by atoms with Crippen LogP contribution in [0.25, 0.3) is 11.3 Å². The third-order valence-corrected chi connectivity index (χ3v) is 6.41. The number of hydrogen-bond acceptors (Lipinski definition) is 6. The summed E-state index contributed by atoms with van der Waals surface area (Å²) in [5, 5.41) is 32.0. The molecule has 0 saturated heterocycles. The molecular formula is C21H21F4N3O3. The highest BCUT2D eigenvalue weighted by atomic mass is 19.4. The van der Waals surface area contributed by atoms with Gasteiger partial charge in [0.2, 0.25) is 0 Å². The molecule has 0 unspecified atom stereocenters. The number of alkyl halides is 3. The first-order valence-corrected chi connectivity index (χ1v) is 10.3. The molecule has 1 aliphatic heterocycles. The summed E-state index contributed by atoms with van der Waals surface area (Å²) in [6.45, 7) is 0.0853. The lowest BCUT2D eigenvalue weighted by Crippen LogP contribution is -2.37. The molecule has 2 aromatic rings. The maximum atomic E-state index is 14.7. The van der Waals surface area contributed by atoms with E-state index in [9.17, 15) is 27.8 Å². The molecule has 1 aromatic heterocycles. The van der Waals surface area contributed by atoms with Crippen molar-refractivity contribution < 1.29 is 32.5 Å². The molecule has 2 heterocycles. The smallest absolute Gasteiger partial charge is 0.416 e. The fourth-order valence-electron chi connectivity index (χ4n) is 4.64. The Morgan fingerprint density at radius 3 is 2.52 bits per heavy atom. The molecule has 0 bridgehead atoms. The van der Waals surface area contributed by atoms with Crippen molar-refractivity contribution in [1.82, 2.24) is 10.2 Å². The monoisotopic (exact) mass is 439 g/mol. The zero-order chi connectivity index (χ0) is 22.0. The van der Waals surface area contributed by atoms with Gasteiger partial charge >= 0.3 is 6.18 Å².